The van der Waals surface area contributed by atoms with Gasteiger partial charge in [0.05, 0.1) is 12.7 Å². The molecule has 3 aromatic rings. The number of thiophene rings is 1. The Morgan fingerprint density at radius 3 is 2.58 bits per heavy atom. The quantitative estimate of drug-likeness (QED) is 0.536. The average molecular weight is 339 g/mol. The van der Waals surface area contributed by atoms with E-state index in [0.29, 0.717) is 6.54 Å². The predicted octanol–water partition coefficient (Wildman–Crippen LogP) is 2.86. The van der Waals surface area contributed by atoms with Crippen molar-refractivity contribution in [2.45, 2.75) is 19.6 Å². The van der Waals surface area contributed by atoms with Crippen molar-refractivity contribution in [2.75, 3.05) is 7.05 Å². The number of rotatable bonds is 6. The Morgan fingerprint density at radius 1 is 1.08 bits per heavy atom. The van der Waals surface area contributed by atoms with Gasteiger partial charge in [0.25, 0.3) is 0 Å². The zero-order valence-corrected chi connectivity index (χ0v) is 14.5. The molecule has 0 unspecified atom stereocenters. The monoisotopic (exact) mass is 339 g/mol. The first-order valence-electron chi connectivity index (χ1n) is 7.84. The largest absolute Gasteiger partial charge is 0.352 e. The summed E-state index contributed by atoms with van der Waals surface area (Å²) >= 11 is 1.70. The maximum Gasteiger partial charge on any atom is 0.191 e. The molecule has 1 aromatic carbocycles. The SMILES string of the molecule is CN=C(NCc1ccsc1)NCc1cnn(Cc2ccccc2)c1. The lowest BCUT2D eigenvalue weighted by atomic mass is 10.2. The summed E-state index contributed by atoms with van der Waals surface area (Å²) in [5.41, 5.74) is 3.64. The summed E-state index contributed by atoms with van der Waals surface area (Å²) in [6, 6.07) is 12.4. The highest BCUT2D eigenvalue weighted by atomic mass is 32.1. The van der Waals surface area contributed by atoms with Crippen LogP contribution in [0.5, 0.6) is 0 Å². The van der Waals surface area contributed by atoms with E-state index in [4.69, 9.17) is 0 Å². The molecule has 6 heteroatoms. The first-order chi connectivity index (χ1) is 11.8. The van der Waals surface area contributed by atoms with Crippen LogP contribution in [0.25, 0.3) is 0 Å². The minimum Gasteiger partial charge on any atom is -0.352 e. The molecule has 5 nitrogen and oxygen atoms in total. The summed E-state index contributed by atoms with van der Waals surface area (Å²) in [4.78, 5) is 4.25. The molecule has 0 fully saturated rings. The number of nitrogens with one attached hydrogen (secondary N) is 2. The molecule has 2 aromatic heterocycles. The number of hydrogen-bond acceptors (Lipinski definition) is 3. The smallest absolute Gasteiger partial charge is 0.191 e. The van der Waals surface area contributed by atoms with Crippen LogP contribution >= 0.6 is 11.3 Å². The van der Waals surface area contributed by atoms with Gasteiger partial charge in [-0.1, -0.05) is 30.3 Å². The highest BCUT2D eigenvalue weighted by Crippen LogP contribution is 2.05. The molecule has 124 valence electrons. The van der Waals surface area contributed by atoms with Crippen molar-refractivity contribution in [3.63, 3.8) is 0 Å². The minimum atomic E-state index is 0.693. The summed E-state index contributed by atoms with van der Waals surface area (Å²) in [6.07, 6.45) is 3.95. The minimum absolute atomic E-state index is 0.693. The zero-order valence-electron chi connectivity index (χ0n) is 13.6. The molecule has 2 heterocycles. The maximum absolute atomic E-state index is 4.42. The van der Waals surface area contributed by atoms with Crippen molar-refractivity contribution in [2.24, 2.45) is 4.99 Å². The van der Waals surface area contributed by atoms with Gasteiger partial charge < -0.3 is 10.6 Å². The van der Waals surface area contributed by atoms with Gasteiger partial charge in [-0.3, -0.25) is 9.67 Å². The normalized spacial score (nSPS) is 11.5. The Kier molecular flexibility index (Phi) is 5.63. The van der Waals surface area contributed by atoms with E-state index in [2.05, 4.69) is 55.9 Å². The summed E-state index contributed by atoms with van der Waals surface area (Å²) in [5.74, 6) is 0.789. The lowest BCUT2D eigenvalue weighted by molar-refractivity contribution is 0.685. The molecule has 0 aliphatic rings. The van der Waals surface area contributed by atoms with Crippen molar-refractivity contribution in [1.29, 1.82) is 0 Å². The van der Waals surface area contributed by atoms with Crippen LogP contribution in [-0.2, 0) is 19.6 Å². The molecule has 0 aliphatic carbocycles. The van der Waals surface area contributed by atoms with E-state index in [-0.39, 0.29) is 0 Å². The highest BCUT2D eigenvalue weighted by Gasteiger charge is 2.02. The summed E-state index contributed by atoms with van der Waals surface area (Å²) in [6.45, 7) is 2.25. The van der Waals surface area contributed by atoms with Gasteiger partial charge in [0.2, 0.25) is 0 Å². The van der Waals surface area contributed by atoms with Crippen molar-refractivity contribution < 1.29 is 0 Å². The molecule has 0 saturated heterocycles. The Balaban J connectivity index is 1.49. The van der Waals surface area contributed by atoms with E-state index < -0.39 is 0 Å². The van der Waals surface area contributed by atoms with E-state index in [1.54, 1.807) is 18.4 Å². The van der Waals surface area contributed by atoms with Crippen LogP contribution in [0.4, 0.5) is 0 Å². The fourth-order valence-corrected chi connectivity index (χ4v) is 3.01. The van der Waals surface area contributed by atoms with E-state index in [1.165, 1.54) is 11.1 Å². The third-order valence-corrected chi connectivity index (χ3v) is 4.33. The predicted molar refractivity (Wildman–Crippen MR) is 99.1 cm³/mol. The van der Waals surface area contributed by atoms with E-state index in [9.17, 15) is 0 Å². The van der Waals surface area contributed by atoms with Crippen LogP contribution in [0.15, 0.2) is 64.5 Å². The fourth-order valence-electron chi connectivity index (χ4n) is 2.34. The number of guanidine groups is 1. The topological polar surface area (TPSA) is 54.2 Å². The highest BCUT2D eigenvalue weighted by molar-refractivity contribution is 7.07. The first-order valence-corrected chi connectivity index (χ1v) is 8.78. The summed E-state index contributed by atoms with van der Waals surface area (Å²) in [5, 5.41) is 15.3. The van der Waals surface area contributed by atoms with E-state index in [0.717, 1.165) is 24.6 Å². The second-order valence-electron chi connectivity index (χ2n) is 5.44. The van der Waals surface area contributed by atoms with Gasteiger partial charge in [0.1, 0.15) is 0 Å². The van der Waals surface area contributed by atoms with Crippen molar-refractivity contribution in [3.05, 3.63) is 76.2 Å². The number of aromatic nitrogens is 2. The van der Waals surface area contributed by atoms with E-state index in [1.807, 2.05) is 29.1 Å². The number of nitrogens with zero attached hydrogens (tertiary/aromatic N) is 3. The Hall–Kier alpha value is -2.60. The zero-order chi connectivity index (χ0) is 16.6. The number of benzene rings is 1. The van der Waals surface area contributed by atoms with Crippen molar-refractivity contribution in [1.82, 2.24) is 20.4 Å². The molecule has 24 heavy (non-hydrogen) atoms. The Bertz CT molecular complexity index is 762. The molecule has 3 rings (SSSR count). The Morgan fingerprint density at radius 2 is 1.88 bits per heavy atom. The number of aliphatic imine (C=N–C) groups is 1. The van der Waals surface area contributed by atoms with Crippen LogP contribution in [0.1, 0.15) is 16.7 Å². The van der Waals surface area contributed by atoms with Crippen LogP contribution in [-0.4, -0.2) is 22.8 Å². The second-order valence-corrected chi connectivity index (χ2v) is 6.22. The van der Waals surface area contributed by atoms with Crippen LogP contribution in [0.2, 0.25) is 0 Å². The Labute approximate surface area is 146 Å². The van der Waals surface area contributed by atoms with Gasteiger partial charge in [-0.2, -0.15) is 16.4 Å². The lowest BCUT2D eigenvalue weighted by Gasteiger charge is -2.10. The second kappa shape index (κ2) is 8.31. The molecule has 0 saturated carbocycles. The first kappa shape index (κ1) is 16.3. The molecule has 0 aliphatic heterocycles. The third kappa shape index (κ3) is 4.70. The average Bonchev–Trinajstić information content (AvgIpc) is 3.28. The number of hydrogen-bond donors (Lipinski definition) is 2. The molecule has 2 N–H and O–H groups in total. The molecule has 0 atom stereocenters. The van der Waals surface area contributed by atoms with Crippen LogP contribution in [0, 0.1) is 0 Å². The van der Waals surface area contributed by atoms with Crippen LogP contribution in [0.3, 0.4) is 0 Å². The van der Waals surface area contributed by atoms with Gasteiger partial charge >= 0.3 is 0 Å². The molecular formula is C18H21N5S. The maximum atomic E-state index is 4.42. The summed E-state index contributed by atoms with van der Waals surface area (Å²) < 4.78 is 1.95. The van der Waals surface area contributed by atoms with Crippen molar-refractivity contribution >= 4 is 17.3 Å². The lowest BCUT2D eigenvalue weighted by Crippen LogP contribution is -2.36. The molecular weight excluding hydrogens is 318 g/mol. The molecule has 0 bridgehead atoms. The molecule has 0 amide bonds. The van der Waals surface area contributed by atoms with Gasteiger partial charge in [0.15, 0.2) is 5.96 Å². The van der Waals surface area contributed by atoms with Crippen molar-refractivity contribution in [3.8, 4) is 0 Å². The van der Waals surface area contributed by atoms with Gasteiger partial charge in [-0.05, 0) is 28.0 Å². The molecule has 0 radical (unpaired) electrons. The third-order valence-electron chi connectivity index (χ3n) is 3.60. The van der Waals surface area contributed by atoms with Gasteiger partial charge in [-0.15, -0.1) is 0 Å². The van der Waals surface area contributed by atoms with E-state index >= 15 is 0 Å². The van der Waals surface area contributed by atoms with Gasteiger partial charge in [-0.25, -0.2) is 0 Å². The standard InChI is InChI=1S/C18H21N5S/c1-19-18(20-9-16-7-8-24-14-16)21-10-17-11-22-23(13-17)12-15-5-3-2-4-6-15/h2-8,11,13-14H,9-10,12H2,1H3,(H2,19,20,21). The van der Waals surface area contributed by atoms with Crippen LogP contribution < -0.4 is 10.6 Å². The summed E-state index contributed by atoms with van der Waals surface area (Å²) in [7, 11) is 1.78. The fraction of sp³-hybridized carbons (Fsp3) is 0.222. The molecule has 0 spiro atoms. The van der Waals surface area contributed by atoms with Gasteiger partial charge in [0, 0.05) is 31.9 Å².